The molecule has 0 aliphatic carbocycles. The predicted molar refractivity (Wildman–Crippen MR) is 85.3 cm³/mol. The molecule has 0 aliphatic rings. The zero-order valence-corrected chi connectivity index (χ0v) is 13.3. The number of aryl methyl sites for hydroxylation is 2. The van der Waals surface area contributed by atoms with Crippen LogP contribution in [-0.2, 0) is 0 Å². The number of rotatable bonds is 3. The Morgan fingerprint density at radius 2 is 1.90 bits per heavy atom. The average Bonchev–Trinajstić information content (AvgIpc) is 2.35. The van der Waals surface area contributed by atoms with Crippen molar-refractivity contribution in [1.82, 2.24) is 0 Å². The van der Waals surface area contributed by atoms with Crippen molar-refractivity contribution in [3.63, 3.8) is 0 Å². The lowest BCUT2D eigenvalue weighted by Gasteiger charge is -2.13. The number of anilines is 2. The first-order valence-electron chi connectivity index (χ1n) is 5.95. The molecule has 2 N–H and O–H groups in total. The van der Waals surface area contributed by atoms with Crippen molar-refractivity contribution in [3.8, 4) is 0 Å². The van der Waals surface area contributed by atoms with Gasteiger partial charge >= 0.3 is 5.97 Å². The third kappa shape index (κ3) is 3.14. The first-order chi connectivity index (χ1) is 9.38. The Morgan fingerprint density at radius 3 is 2.55 bits per heavy atom. The summed E-state index contributed by atoms with van der Waals surface area (Å²) in [5.74, 6) is -0.971. The second-order valence-electron chi connectivity index (χ2n) is 4.56. The largest absolute Gasteiger partial charge is 0.478 e. The number of carboxylic acids is 1. The van der Waals surface area contributed by atoms with Gasteiger partial charge in [0.1, 0.15) is 0 Å². The Labute approximate surface area is 130 Å². The molecule has 0 saturated carbocycles. The van der Waals surface area contributed by atoms with Crippen LogP contribution < -0.4 is 5.32 Å². The van der Waals surface area contributed by atoms with Crippen molar-refractivity contribution >= 4 is 44.9 Å². The van der Waals surface area contributed by atoms with Gasteiger partial charge in [-0.15, -0.1) is 0 Å². The van der Waals surface area contributed by atoms with Crippen LogP contribution in [-0.4, -0.2) is 11.1 Å². The van der Waals surface area contributed by atoms with E-state index in [-0.39, 0.29) is 5.56 Å². The SMILES string of the molecule is Cc1ccc(C(=O)O)c(Nc2cc(Cl)c(C)cc2Br)c1. The number of nitrogens with one attached hydrogen (secondary N) is 1. The zero-order chi connectivity index (χ0) is 14.9. The van der Waals surface area contributed by atoms with Crippen molar-refractivity contribution in [2.24, 2.45) is 0 Å². The number of carbonyl (C=O) groups is 1. The van der Waals surface area contributed by atoms with E-state index in [1.165, 1.54) is 0 Å². The van der Waals surface area contributed by atoms with Gasteiger partial charge in [-0.3, -0.25) is 0 Å². The molecule has 0 aliphatic heterocycles. The Kier molecular flexibility index (Phi) is 4.35. The van der Waals surface area contributed by atoms with Gasteiger partial charge in [0.25, 0.3) is 0 Å². The molecule has 0 radical (unpaired) electrons. The molecule has 0 bridgehead atoms. The van der Waals surface area contributed by atoms with E-state index < -0.39 is 5.97 Å². The number of benzene rings is 2. The Morgan fingerprint density at radius 1 is 1.20 bits per heavy atom. The van der Waals surface area contributed by atoms with Gasteiger partial charge in [-0.25, -0.2) is 4.79 Å². The van der Waals surface area contributed by atoms with Crippen LogP contribution in [0.5, 0.6) is 0 Å². The van der Waals surface area contributed by atoms with Crippen molar-refractivity contribution in [2.45, 2.75) is 13.8 Å². The summed E-state index contributed by atoms with van der Waals surface area (Å²) in [5, 5.41) is 13.0. The van der Waals surface area contributed by atoms with Gasteiger partial charge in [-0.2, -0.15) is 0 Å². The number of aromatic carboxylic acids is 1. The normalized spacial score (nSPS) is 10.4. The molecule has 0 saturated heterocycles. The highest BCUT2D eigenvalue weighted by atomic mass is 79.9. The van der Waals surface area contributed by atoms with Crippen molar-refractivity contribution in [1.29, 1.82) is 0 Å². The molecule has 2 rings (SSSR count). The van der Waals surface area contributed by atoms with Crippen molar-refractivity contribution < 1.29 is 9.90 Å². The summed E-state index contributed by atoms with van der Waals surface area (Å²) in [4.78, 5) is 11.3. The van der Waals surface area contributed by atoms with E-state index in [2.05, 4.69) is 21.2 Å². The second-order valence-corrected chi connectivity index (χ2v) is 5.82. The summed E-state index contributed by atoms with van der Waals surface area (Å²) in [6.45, 7) is 3.82. The van der Waals surface area contributed by atoms with E-state index in [4.69, 9.17) is 11.6 Å². The van der Waals surface area contributed by atoms with Crippen LogP contribution >= 0.6 is 27.5 Å². The summed E-state index contributed by atoms with van der Waals surface area (Å²) in [5.41, 5.74) is 3.42. The van der Waals surface area contributed by atoms with Gasteiger partial charge in [-0.1, -0.05) is 17.7 Å². The minimum atomic E-state index is -0.971. The average molecular weight is 355 g/mol. The van der Waals surface area contributed by atoms with Gasteiger partial charge in [-0.05, 0) is 65.2 Å². The fourth-order valence-electron chi connectivity index (χ4n) is 1.84. The van der Waals surface area contributed by atoms with Gasteiger partial charge in [0.15, 0.2) is 0 Å². The summed E-state index contributed by atoms with van der Waals surface area (Å²) in [6.07, 6.45) is 0. The molecule has 0 heterocycles. The van der Waals surface area contributed by atoms with Crippen LogP contribution in [0.2, 0.25) is 5.02 Å². The number of carboxylic acid groups (broad SMARTS) is 1. The quantitative estimate of drug-likeness (QED) is 0.800. The van der Waals surface area contributed by atoms with Gasteiger partial charge in [0.05, 0.1) is 16.9 Å². The zero-order valence-electron chi connectivity index (χ0n) is 11.0. The van der Waals surface area contributed by atoms with E-state index in [1.807, 2.05) is 19.9 Å². The van der Waals surface area contributed by atoms with Crippen LogP contribution in [0.3, 0.4) is 0 Å². The lowest BCUT2D eigenvalue weighted by atomic mass is 10.1. The number of hydrogen-bond donors (Lipinski definition) is 2. The molecule has 20 heavy (non-hydrogen) atoms. The maximum atomic E-state index is 11.3. The van der Waals surface area contributed by atoms with Crippen LogP contribution in [0.1, 0.15) is 21.5 Å². The Hall–Kier alpha value is -1.52. The second kappa shape index (κ2) is 5.85. The third-order valence-electron chi connectivity index (χ3n) is 2.92. The fraction of sp³-hybridized carbons (Fsp3) is 0.133. The monoisotopic (exact) mass is 353 g/mol. The summed E-state index contributed by atoms with van der Waals surface area (Å²) < 4.78 is 0.831. The molecule has 2 aromatic carbocycles. The molecule has 0 spiro atoms. The molecule has 0 amide bonds. The van der Waals surface area contributed by atoms with Crippen LogP contribution in [0.15, 0.2) is 34.8 Å². The highest BCUT2D eigenvalue weighted by Crippen LogP contribution is 2.32. The number of hydrogen-bond acceptors (Lipinski definition) is 2. The van der Waals surface area contributed by atoms with Crippen LogP contribution in [0.4, 0.5) is 11.4 Å². The van der Waals surface area contributed by atoms with Crippen LogP contribution in [0.25, 0.3) is 0 Å². The first-order valence-corrected chi connectivity index (χ1v) is 7.12. The summed E-state index contributed by atoms with van der Waals surface area (Å²) >= 11 is 9.56. The number of halogens is 2. The van der Waals surface area contributed by atoms with E-state index in [9.17, 15) is 9.90 Å². The maximum absolute atomic E-state index is 11.3. The molecular weight excluding hydrogens is 342 g/mol. The Bertz CT molecular complexity index is 686. The van der Waals surface area contributed by atoms with Crippen LogP contribution in [0, 0.1) is 13.8 Å². The molecule has 2 aromatic rings. The molecule has 5 heteroatoms. The minimum Gasteiger partial charge on any atom is -0.478 e. The molecule has 0 unspecified atom stereocenters. The topological polar surface area (TPSA) is 49.3 Å². The van der Waals surface area contributed by atoms with Gasteiger partial charge in [0, 0.05) is 9.50 Å². The minimum absolute atomic E-state index is 0.221. The molecule has 0 atom stereocenters. The highest BCUT2D eigenvalue weighted by molar-refractivity contribution is 9.10. The van der Waals surface area contributed by atoms with E-state index in [1.54, 1.807) is 24.3 Å². The maximum Gasteiger partial charge on any atom is 0.337 e. The Balaban J connectivity index is 2.47. The summed E-state index contributed by atoms with van der Waals surface area (Å²) in [6, 6.07) is 8.81. The molecular formula is C15H13BrClNO2. The predicted octanol–water partition coefficient (Wildman–Crippen LogP) is 5.16. The molecule has 104 valence electrons. The van der Waals surface area contributed by atoms with E-state index in [0.29, 0.717) is 10.7 Å². The highest BCUT2D eigenvalue weighted by Gasteiger charge is 2.12. The molecule has 0 aromatic heterocycles. The lowest BCUT2D eigenvalue weighted by molar-refractivity contribution is 0.0698. The fourth-order valence-corrected chi connectivity index (χ4v) is 2.56. The lowest BCUT2D eigenvalue weighted by Crippen LogP contribution is -2.03. The third-order valence-corrected chi connectivity index (χ3v) is 3.99. The van der Waals surface area contributed by atoms with Gasteiger partial charge < -0.3 is 10.4 Å². The van der Waals surface area contributed by atoms with Gasteiger partial charge in [0.2, 0.25) is 0 Å². The molecule has 3 nitrogen and oxygen atoms in total. The summed E-state index contributed by atoms with van der Waals surface area (Å²) in [7, 11) is 0. The van der Waals surface area contributed by atoms with E-state index in [0.717, 1.165) is 21.3 Å². The standard InChI is InChI=1S/C15H13BrClNO2/c1-8-3-4-10(15(19)20)13(5-8)18-14-7-12(17)9(2)6-11(14)16/h3-7,18H,1-2H3,(H,19,20). The smallest absolute Gasteiger partial charge is 0.337 e. The molecule has 0 fully saturated rings. The first kappa shape index (κ1) is 14.9. The van der Waals surface area contributed by atoms with Crippen molar-refractivity contribution in [3.05, 3.63) is 56.5 Å². The van der Waals surface area contributed by atoms with Crippen molar-refractivity contribution in [2.75, 3.05) is 5.32 Å². The van der Waals surface area contributed by atoms with E-state index >= 15 is 0 Å².